The molecule has 0 bridgehead atoms. The van der Waals surface area contributed by atoms with Crippen LogP contribution in [0.2, 0.25) is 5.02 Å². The lowest BCUT2D eigenvalue weighted by atomic mass is 9.98. The van der Waals surface area contributed by atoms with E-state index in [2.05, 4.69) is 16.3 Å². The first-order chi connectivity index (χ1) is 15.7. The molecule has 32 heavy (non-hydrogen) atoms. The van der Waals surface area contributed by atoms with Gasteiger partial charge in [-0.25, -0.2) is 0 Å². The lowest BCUT2D eigenvalue weighted by molar-refractivity contribution is 0.102. The molecule has 1 N–H and O–H groups in total. The van der Waals surface area contributed by atoms with Gasteiger partial charge in [0.2, 0.25) is 0 Å². The number of nitrogens with zero attached hydrogens (tertiary/aromatic N) is 1. The Labute approximate surface area is 192 Å². The molecule has 5 heteroatoms. The maximum Gasteiger partial charge on any atom is 0.255 e. The van der Waals surface area contributed by atoms with Crippen molar-refractivity contribution in [1.29, 1.82) is 0 Å². The Kier molecular flexibility index (Phi) is 5.97. The van der Waals surface area contributed by atoms with Crippen molar-refractivity contribution in [3.63, 3.8) is 0 Å². The second-order valence-corrected chi connectivity index (χ2v) is 8.59. The third-order valence-electron chi connectivity index (χ3n) is 6.10. The van der Waals surface area contributed by atoms with Gasteiger partial charge in [-0.15, -0.1) is 0 Å². The number of carbonyl (C=O) groups excluding carboxylic acids is 1. The first-order valence-electron chi connectivity index (χ1n) is 11.1. The molecule has 5 rings (SSSR count). The van der Waals surface area contributed by atoms with E-state index < -0.39 is 0 Å². The fraction of sp³-hybridized carbons (Fsp3) is 0.222. The number of furan rings is 1. The first kappa shape index (κ1) is 20.8. The molecule has 0 unspecified atom stereocenters. The van der Waals surface area contributed by atoms with Crippen molar-refractivity contribution < 1.29 is 9.21 Å². The summed E-state index contributed by atoms with van der Waals surface area (Å²) in [4.78, 5) is 15.5. The average Bonchev–Trinajstić information content (AvgIpc) is 3.19. The number of amides is 1. The molecular weight excluding hydrogens is 420 g/mol. The van der Waals surface area contributed by atoms with Gasteiger partial charge in [0.15, 0.2) is 5.76 Å². The summed E-state index contributed by atoms with van der Waals surface area (Å²) in [5, 5.41) is 4.74. The predicted octanol–water partition coefficient (Wildman–Crippen LogP) is 6.91. The Hall–Kier alpha value is -3.08. The van der Waals surface area contributed by atoms with Crippen LogP contribution in [-0.2, 0) is 0 Å². The molecule has 3 aromatic carbocycles. The highest BCUT2D eigenvalue weighted by molar-refractivity contribution is 6.31. The number of fused-ring (bicyclic) bond motifs is 1. The van der Waals surface area contributed by atoms with Crippen molar-refractivity contribution in [3.05, 3.63) is 101 Å². The van der Waals surface area contributed by atoms with Gasteiger partial charge in [-0.1, -0.05) is 66.6 Å². The smallest absolute Gasteiger partial charge is 0.255 e. The van der Waals surface area contributed by atoms with Gasteiger partial charge in [0.05, 0.1) is 11.7 Å². The maximum atomic E-state index is 13.1. The van der Waals surface area contributed by atoms with E-state index in [-0.39, 0.29) is 11.9 Å². The Morgan fingerprint density at radius 2 is 1.56 bits per heavy atom. The molecule has 1 amide bonds. The molecular formula is C27H25ClN2O2. The molecule has 0 radical (unpaired) electrons. The molecule has 162 valence electrons. The van der Waals surface area contributed by atoms with E-state index in [1.807, 2.05) is 72.8 Å². The minimum absolute atomic E-state index is 0.157. The third-order valence-corrected chi connectivity index (χ3v) is 6.45. The van der Waals surface area contributed by atoms with Gasteiger partial charge in [0, 0.05) is 16.0 Å². The number of piperidine rings is 1. The quantitative estimate of drug-likeness (QED) is 0.363. The molecule has 1 aromatic heterocycles. The molecule has 1 atom stereocenters. The number of nitrogens with one attached hydrogen (secondary N) is 1. The fourth-order valence-corrected chi connectivity index (χ4v) is 4.78. The summed E-state index contributed by atoms with van der Waals surface area (Å²) in [5.74, 6) is 0.570. The number of hydrogen-bond donors (Lipinski definition) is 1. The largest absolute Gasteiger partial charge is 0.457 e. The Morgan fingerprint density at radius 1 is 0.875 bits per heavy atom. The van der Waals surface area contributed by atoms with E-state index in [9.17, 15) is 4.79 Å². The van der Waals surface area contributed by atoms with Crippen LogP contribution in [0.1, 0.15) is 47.0 Å². The van der Waals surface area contributed by atoms with Gasteiger partial charge in [-0.3, -0.25) is 9.69 Å². The van der Waals surface area contributed by atoms with Crippen LogP contribution in [0.3, 0.4) is 0 Å². The third kappa shape index (κ3) is 4.04. The van der Waals surface area contributed by atoms with Gasteiger partial charge in [0.1, 0.15) is 5.58 Å². The summed E-state index contributed by atoms with van der Waals surface area (Å²) in [6, 6.07) is 24.8. The Balaban J connectivity index is 1.65. The van der Waals surface area contributed by atoms with E-state index in [1.54, 1.807) is 0 Å². The summed E-state index contributed by atoms with van der Waals surface area (Å²) < 4.78 is 6.45. The van der Waals surface area contributed by atoms with Gasteiger partial charge in [-0.2, -0.15) is 0 Å². The lowest BCUT2D eigenvalue weighted by Gasteiger charge is -2.34. The second kappa shape index (κ2) is 9.19. The zero-order valence-corrected chi connectivity index (χ0v) is 18.5. The summed E-state index contributed by atoms with van der Waals surface area (Å²) in [6.45, 7) is 1.91. The van der Waals surface area contributed by atoms with E-state index in [0.29, 0.717) is 16.3 Å². The lowest BCUT2D eigenvalue weighted by Crippen LogP contribution is -2.34. The summed E-state index contributed by atoms with van der Waals surface area (Å²) in [6.07, 6.45) is 3.49. The molecule has 0 saturated carbocycles. The van der Waals surface area contributed by atoms with Crippen LogP contribution < -0.4 is 5.32 Å². The minimum Gasteiger partial charge on any atom is -0.457 e. The highest BCUT2D eigenvalue weighted by atomic mass is 35.5. The Morgan fingerprint density at radius 3 is 2.34 bits per heavy atom. The average molecular weight is 445 g/mol. The van der Waals surface area contributed by atoms with Crippen LogP contribution >= 0.6 is 11.6 Å². The number of benzene rings is 3. The zero-order chi connectivity index (χ0) is 21.9. The van der Waals surface area contributed by atoms with Crippen LogP contribution in [0.25, 0.3) is 11.0 Å². The van der Waals surface area contributed by atoms with E-state index >= 15 is 0 Å². The number of likely N-dealkylation sites (tertiary alicyclic amines) is 1. The van der Waals surface area contributed by atoms with Crippen LogP contribution in [0.4, 0.5) is 5.69 Å². The maximum absolute atomic E-state index is 13.1. The first-order valence-corrected chi connectivity index (χ1v) is 11.5. The van der Waals surface area contributed by atoms with Crippen molar-refractivity contribution in [3.8, 4) is 0 Å². The number of carbonyl (C=O) groups is 1. The molecule has 1 saturated heterocycles. The van der Waals surface area contributed by atoms with E-state index in [0.717, 1.165) is 48.2 Å². The van der Waals surface area contributed by atoms with E-state index in [1.165, 1.54) is 6.42 Å². The van der Waals surface area contributed by atoms with Crippen LogP contribution in [0.5, 0.6) is 0 Å². The van der Waals surface area contributed by atoms with Crippen LogP contribution in [0, 0.1) is 0 Å². The van der Waals surface area contributed by atoms with Gasteiger partial charge in [0.25, 0.3) is 5.91 Å². The van der Waals surface area contributed by atoms with Crippen LogP contribution in [-0.4, -0.2) is 23.9 Å². The fourth-order valence-electron chi connectivity index (χ4n) is 4.54. The van der Waals surface area contributed by atoms with Crippen molar-refractivity contribution in [2.75, 3.05) is 18.4 Å². The van der Waals surface area contributed by atoms with Crippen molar-refractivity contribution in [1.82, 2.24) is 4.90 Å². The van der Waals surface area contributed by atoms with E-state index in [4.69, 9.17) is 16.0 Å². The van der Waals surface area contributed by atoms with Crippen LogP contribution in [0.15, 0.2) is 83.3 Å². The summed E-state index contributed by atoms with van der Waals surface area (Å²) in [5.41, 5.74) is 3.06. The number of rotatable bonds is 5. The van der Waals surface area contributed by atoms with Gasteiger partial charge in [-0.05, 0) is 61.8 Å². The number of halogens is 1. The molecule has 0 spiro atoms. The molecule has 1 fully saturated rings. The van der Waals surface area contributed by atoms with Crippen molar-refractivity contribution in [2.24, 2.45) is 0 Å². The number of anilines is 1. The summed E-state index contributed by atoms with van der Waals surface area (Å²) >= 11 is 6.69. The molecule has 4 nitrogen and oxygen atoms in total. The highest BCUT2D eigenvalue weighted by Crippen LogP contribution is 2.43. The molecule has 1 aliphatic rings. The molecule has 0 aliphatic carbocycles. The summed E-state index contributed by atoms with van der Waals surface area (Å²) in [7, 11) is 0. The van der Waals surface area contributed by atoms with Crippen molar-refractivity contribution in [2.45, 2.75) is 25.3 Å². The van der Waals surface area contributed by atoms with Gasteiger partial charge < -0.3 is 9.73 Å². The predicted molar refractivity (Wildman–Crippen MR) is 129 cm³/mol. The normalized spacial score (nSPS) is 15.5. The number of hydrogen-bond acceptors (Lipinski definition) is 3. The number of para-hydroxylation sites is 1. The zero-order valence-electron chi connectivity index (χ0n) is 17.8. The molecule has 2 heterocycles. The topological polar surface area (TPSA) is 45.5 Å². The monoisotopic (exact) mass is 444 g/mol. The van der Waals surface area contributed by atoms with Gasteiger partial charge >= 0.3 is 0 Å². The molecule has 4 aromatic rings. The minimum atomic E-state index is -0.178. The highest BCUT2D eigenvalue weighted by Gasteiger charge is 2.32. The molecule has 1 aliphatic heterocycles. The SMILES string of the molecule is O=C(Nc1c([C@@H](c2ccccc2Cl)N2CCCCC2)oc2ccccc12)c1ccccc1. The van der Waals surface area contributed by atoms with Crippen molar-refractivity contribution >= 4 is 34.2 Å². The standard InChI is InChI=1S/C27H25ClN2O2/c28-22-15-7-5-13-20(22)25(30-17-9-2-10-18-30)26-24(21-14-6-8-16-23(21)32-26)29-27(31)19-11-3-1-4-12-19/h1,3-8,11-16,25H,2,9-10,17-18H2,(H,29,31)/t25-/m1/s1. The Bertz CT molecular complexity index is 1230. The second-order valence-electron chi connectivity index (χ2n) is 8.18.